The Morgan fingerprint density at radius 3 is 2.81 bits per heavy atom. The lowest BCUT2D eigenvalue weighted by Crippen LogP contribution is -2.46. The minimum atomic E-state index is -0.133. The first kappa shape index (κ1) is 16.1. The molecule has 1 heterocycles. The second-order valence-electron chi connectivity index (χ2n) is 5.86. The summed E-state index contributed by atoms with van der Waals surface area (Å²) in [7, 11) is 0. The Balaban J connectivity index is 2.14. The van der Waals surface area contributed by atoms with E-state index in [4.69, 9.17) is 11.6 Å². The van der Waals surface area contributed by atoms with E-state index in [1.807, 2.05) is 24.3 Å². The molecule has 21 heavy (non-hydrogen) atoms. The lowest BCUT2D eigenvalue weighted by molar-refractivity contribution is 0.152. The van der Waals surface area contributed by atoms with Gasteiger partial charge in [-0.1, -0.05) is 43.6 Å². The number of halogens is 1. The number of benzene rings is 1. The highest BCUT2D eigenvalue weighted by molar-refractivity contribution is 6.31. The van der Waals surface area contributed by atoms with Crippen molar-refractivity contribution in [2.75, 3.05) is 13.2 Å². The first-order chi connectivity index (χ1) is 10.0. The molecular weight excluding hydrogens is 288 g/mol. The van der Waals surface area contributed by atoms with Crippen LogP contribution in [0.25, 0.3) is 0 Å². The van der Waals surface area contributed by atoms with Crippen molar-refractivity contribution in [1.82, 2.24) is 10.2 Å². The van der Waals surface area contributed by atoms with Crippen LogP contribution in [-0.4, -0.2) is 35.2 Å². The summed E-state index contributed by atoms with van der Waals surface area (Å²) in [5, 5.41) is 13.1. The number of nitrogens with one attached hydrogen (secondary N) is 1. The summed E-state index contributed by atoms with van der Waals surface area (Å²) in [6, 6.07) is 7.27. The molecular formula is C16H23ClN2O2. The third-order valence-electron chi connectivity index (χ3n) is 4.03. The minimum Gasteiger partial charge on any atom is -0.394 e. The van der Waals surface area contributed by atoms with Crippen LogP contribution in [0.15, 0.2) is 24.3 Å². The normalized spacial score (nSPS) is 19.9. The Morgan fingerprint density at radius 2 is 2.19 bits per heavy atom. The number of amides is 2. The Bertz CT molecular complexity index is 493. The number of aliphatic hydroxyl groups excluding tert-OH is 1. The summed E-state index contributed by atoms with van der Waals surface area (Å²) in [6.45, 7) is 4.83. The molecule has 0 radical (unpaired) electrons. The van der Waals surface area contributed by atoms with Crippen molar-refractivity contribution in [3.05, 3.63) is 34.9 Å². The number of urea groups is 1. The van der Waals surface area contributed by atoms with Gasteiger partial charge in [0.2, 0.25) is 0 Å². The highest BCUT2D eigenvalue weighted by Gasteiger charge is 2.30. The number of aliphatic hydroxyl groups is 1. The summed E-state index contributed by atoms with van der Waals surface area (Å²) >= 11 is 6.26. The van der Waals surface area contributed by atoms with E-state index < -0.39 is 0 Å². The fourth-order valence-electron chi connectivity index (χ4n) is 2.84. The molecule has 2 atom stereocenters. The highest BCUT2D eigenvalue weighted by Crippen LogP contribution is 2.29. The molecule has 1 saturated heterocycles. The lowest BCUT2D eigenvalue weighted by Gasteiger charge is -2.29. The molecule has 0 aliphatic carbocycles. The van der Waals surface area contributed by atoms with Crippen LogP contribution in [0.2, 0.25) is 5.02 Å². The molecule has 116 valence electrons. The average Bonchev–Trinajstić information content (AvgIpc) is 2.93. The van der Waals surface area contributed by atoms with Gasteiger partial charge in [0.25, 0.3) is 0 Å². The third-order valence-corrected chi connectivity index (χ3v) is 4.38. The SMILES string of the molecule is CC(C)C(NC(=O)N1CCCC1CO)c1ccccc1Cl. The quantitative estimate of drug-likeness (QED) is 0.897. The molecule has 1 aliphatic rings. The Morgan fingerprint density at radius 1 is 1.48 bits per heavy atom. The van der Waals surface area contributed by atoms with E-state index in [0.29, 0.717) is 11.6 Å². The molecule has 2 N–H and O–H groups in total. The summed E-state index contributed by atoms with van der Waals surface area (Å²) in [5.74, 6) is 0.226. The zero-order valence-electron chi connectivity index (χ0n) is 12.6. The van der Waals surface area contributed by atoms with Crippen molar-refractivity contribution < 1.29 is 9.90 Å². The van der Waals surface area contributed by atoms with Gasteiger partial charge in [0.05, 0.1) is 18.7 Å². The summed E-state index contributed by atoms with van der Waals surface area (Å²) in [6.07, 6.45) is 1.81. The molecule has 0 spiro atoms. The monoisotopic (exact) mass is 310 g/mol. The predicted molar refractivity (Wildman–Crippen MR) is 84.4 cm³/mol. The van der Waals surface area contributed by atoms with Crippen molar-refractivity contribution in [3.63, 3.8) is 0 Å². The zero-order chi connectivity index (χ0) is 15.4. The molecule has 2 amide bonds. The van der Waals surface area contributed by atoms with E-state index in [2.05, 4.69) is 19.2 Å². The van der Waals surface area contributed by atoms with E-state index in [1.54, 1.807) is 4.90 Å². The van der Waals surface area contributed by atoms with Gasteiger partial charge < -0.3 is 15.3 Å². The van der Waals surface area contributed by atoms with Crippen LogP contribution >= 0.6 is 11.6 Å². The van der Waals surface area contributed by atoms with Crippen LogP contribution in [-0.2, 0) is 0 Å². The molecule has 4 nitrogen and oxygen atoms in total. The Kier molecular flexibility index (Phi) is 5.48. The maximum Gasteiger partial charge on any atom is 0.318 e. The fraction of sp³-hybridized carbons (Fsp3) is 0.562. The number of carbonyl (C=O) groups is 1. The van der Waals surface area contributed by atoms with Crippen molar-refractivity contribution in [2.24, 2.45) is 5.92 Å². The van der Waals surface area contributed by atoms with Crippen LogP contribution in [0.3, 0.4) is 0 Å². The number of rotatable bonds is 4. The second kappa shape index (κ2) is 7.14. The van der Waals surface area contributed by atoms with Gasteiger partial charge in [-0.25, -0.2) is 4.79 Å². The first-order valence-electron chi connectivity index (χ1n) is 7.47. The molecule has 1 aromatic carbocycles. The van der Waals surface area contributed by atoms with Gasteiger partial charge in [-0.05, 0) is 30.4 Å². The zero-order valence-corrected chi connectivity index (χ0v) is 13.3. The lowest BCUT2D eigenvalue weighted by atomic mass is 9.96. The van der Waals surface area contributed by atoms with E-state index in [-0.39, 0.29) is 30.6 Å². The van der Waals surface area contributed by atoms with E-state index in [1.165, 1.54) is 0 Å². The topological polar surface area (TPSA) is 52.6 Å². The van der Waals surface area contributed by atoms with Gasteiger partial charge in [0, 0.05) is 11.6 Å². The van der Waals surface area contributed by atoms with Gasteiger partial charge >= 0.3 is 6.03 Å². The molecule has 1 aromatic rings. The number of hydrogen-bond donors (Lipinski definition) is 2. The van der Waals surface area contributed by atoms with Crippen LogP contribution in [0.1, 0.15) is 38.3 Å². The molecule has 5 heteroatoms. The molecule has 0 aromatic heterocycles. The number of likely N-dealkylation sites (tertiary alicyclic amines) is 1. The molecule has 2 rings (SSSR count). The number of nitrogens with zero attached hydrogens (tertiary/aromatic N) is 1. The maximum absolute atomic E-state index is 12.5. The predicted octanol–water partition coefficient (Wildman–Crippen LogP) is 3.20. The third kappa shape index (κ3) is 3.69. The van der Waals surface area contributed by atoms with Gasteiger partial charge in [0.15, 0.2) is 0 Å². The van der Waals surface area contributed by atoms with Crippen molar-refractivity contribution in [1.29, 1.82) is 0 Å². The second-order valence-corrected chi connectivity index (χ2v) is 6.27. The van der Waals surface area contributed by atoms with E-state index in [0.717, 1.165) is 18.4 Å². The Labute approximate surface area is 131 Å². The van der Waals surface area contributed by atoms with E-state index in [9.17, 15) is 9.90 Å². The largest absolute Gasteiger partial charge is 0.394 e. The molecule has 2 unspecified atom stereocenters. The van der Waals surface area contributed by atoms with Crippen LogP contribution < -0.4 is 5.32 Å². The van der Waals surface area contributed by atoms with Gasteiger partial charge in [-0.3, -0.25) is 0 Å². The maximum atomic E-state index is 12.5. The van der Waals surface area contributed by atoms with Gasteiger partial charge in [0.1, 0.15) is 0 Å². The molecule has 0 saturated carbocycles. The van der Waals surface area contributed by atoms with Gasteiger partial charge in [-0.2, -0.15) is 0 Å². The van der Waals surface area contributed by atoms with Crippen molar-refractivity contribution in [3.8, 4) is 0 Å². The molecule has 1 fully saturated rings. The number of carbonyl (C=O) groups excluding carboxylic acids is 1. The average molecular weight is 311 g/mol. The molecule has 1 aliphatic heterocycles. The summed E-state index contributed by atoms with van der Waals surface area (Å²) in [5.41, 5.74) is 0.933. The van der Waals surface area contributed by atoms with Crippen LogP contribution in [0.4, 0.5) is 4.79 Å². The number of hydrogen-bond acceptors (Lipinski definition) is 2. The van der Waals surface area contributed by atoms with Crippen molar-refractivity contribution in [2.45, 2.75) is 38.8 Å². The minimum absolute atomic E-state index is 0.0197. The van der Waals surface area contributed by atoms with E-state index >= 15 is 0 Å². The highest BCUT2D eigenvalue weighted by atomic mass is 35.5. The van der Waals surface area contributed by atoms with Crippen LogP contribution in [0.5, 0.6) is 0 Å². The molecule has 0 bridgehead atoms. The van der Waals surface area contributed by atoms with Crippen LogP contribution in [0, 0.1) is 5.92 Å². The first-order valence-corrected chi connectivity index (χ1v) is 7.84. The summed E-state index contributed by atoms with van der Waals surface area (Å²) in [4.78, 5) is 14.2. The van der Waals surface area contributed by atoms with Crippen molar-refractivity contribution >= 4 is 17.6 Å². The summed E-state index contributed by atoms with van der Waals surface area (Å²) < 4.78 is 0. The Hall–Kier alpha value is -1.26. The standard InChI is InChI=1S/C16H23ClN2O2/c1-11(2)15(13-7-3-4-8-14(13)17)18-16(21)19-9-5-6-12(19)10-20/h3-4,7-8,11-12,15,20H,5-6,9-10H2,1-2H3,(H,18,21). The van der Waals surface area contributed by atoms with Gasteiger partial charge in [-0.15, -0.1) is 0 Å². The fourth-order valence-corrected chi connectivity index (χ4v) is 3.09. The smallest absolute Gasteiger partial charge is 0.318 e.